The van der Waals surface area contributed by atoms with Crippen molar-refractivity contribution in [3.05, 3.63) is 70.8 Å². The van der Waals surface area contributed by atoms with E-state index in [0.29, 0.717) is 5.56 Å². The molecule has 4 heteroatoms. The van der Waals surface area contributed by atoms with Gasteiger partial charge in [0.2, 0.25) is 0 Å². The average molecular weight is 286 g/mol. The van der Waals surface area contributed by atoms with Crippen LogP contribution in [0.5, 0.6) is 0 Å². The van der Waals surface area contributed by atoms with Crippen LogP contribution in [0.25, 0.3) is 0 Å². The Bertz CT molecular complexity index is 639. The fourth-order valence-corrected chi connectivity index (χ4v) is 2.33. The Kier molecular flexibility index (Phi) is 4.66. The van der Waals surface area contributed by atoms with E-state index < -0.39 is 17.7 Å². The number of hydrogen-bond donors (Lipinski definition) is 1. The first-order chi connectivity index (χ1) is 10.0. The van der Waals surface area contributed by atoms with Crippen molar-refractivity contribution in [3.63, 3.8) is 0 Å². The minimum absolute atomic E-state index is 0.0398. The van der Waals surface area contributed by atoms with Crippen LogP contribution in [0.1, 0.15) is 42.6 Å². The van der Waals surface area contributed by atoms with Gasteiger partial charge in [-0.15, -0.1) is 0 Å². The van der Waals surface area contributed by atoms with Crippen LogP contribution >= 0.6 is 0 Å². The van der Waals surface area contributed by atoms with Gasteiger partial charge in [0.1, 0.15) is 11.6 Å². The molecule has 2 rings (SSSR count). The molecule has 0 heterocycles. The molecule has 2 atom stereocenters. The maximum atomic E-state index is 13.7. The van der Waals surface area contributed by atoms with Crippen LogP contribution in [0.15, 0.2) is 42.5 Å². The second-order valence-electron chi connectivity index (χ2n) is 4.98. The van der Waals surface area contributed by atoms with Gasteiger partial charge in [0.15, 0.2) is 0 Å². The molecule has 2 aromatic carbocycles. The first-order valence-corrected chi connectivity index (χ1v) is 6.73. The highest BCUT2D eigenvalue weighted by molar-refractivity contribution is 5.33. The van der Waals surface area contributed by atoms with Crippen LogP contribution in [0, 0.1) is 23.0 Å². The molecule has 0 bridgehead atoms. The maximum Gasteiger partial charge on any atom is 0.130 e. The summed E-state index contributed by atoms with van der Waals surface area (Å²) < 4.78 is 27.5. The van der Waals surface area contributed by atoms with E-state index >= 15 is 0 Å². The highest BCUT2D eigenvalue weighted by atomic mass is 19.1. The molecular formula is C17H16F2N2. The molecule has 0 aliphatic heterocycles. The highest BCUT2D eigenvalue weighted by Crippen LogP contribution is 2.24. The molecular weight excluding hydrogens is 270 g/mol. The van der Waals surface area contributed by atoms with Gasteiger partial charge >= 0.3 is 0 Å². The van der Waals surface area contributed by atoms with E-state index in [9.17, 15) is 8.78 Å². The monoisotopic (exact) mass is 286 g/mol. The van der Waals surface area contributed by atoms with E-state index in [1.54, 1.807) is 19.1 Å². The van der Waals surface area contributed by atoms with Gasteiger partial charge in [-0.05, 0) is 43.7 Å². The molecule has 0 spiro atoms. The normalized spacial score (nSPS) is 13.5. The number of hydrogen-bond acceptors (Lipinski definition) is 2. The lowest BCUT2D eigenvalue weighted by atomic mass is 10.0. The minimum Gasteiger partial charge on any atom is -0.303 e. The summed E-state index contributed by atoms with van der Waals surface area (Å²) in [5.74, 6) is -1.11. The Morgan fingerprint density at radius 1 is 0.952 bits per heavy atom. The number of benzene rings is 2. The standard InChI is InChI=1S/C17H16F2N2/c1-11(14-8-6-13(10-20)7-9-14)21-12(2)17-15(18)4-3-5-16(17)19/h3-9,11-12,21H,1-2H3. The maximum absolute atomic E-state index is 13.7. The van der Waals surface area contributed by atoms with Crippen molar-refractivity contribution in [2.24, 2.45) is 0 Å². The second kappa shape index (κ2) is 6.47. The van der Waals surface area contributed by atoms with Gasteiger partial charge in [-0.1, -0.05) is 18.2 Å². The molecule has 1 N–H and O–H groups in total. The summed E-state index contributed by atoms with van der Waals surface area (Å²) in [7, 11) is 0. The molecule has 21 heavy (non-hydrogen) atoms. The van der Waals surface area contributed by atoms with Gasteiger partial charge < -0.3 is 5.32 Å². The van der Waals surface area contributed by atoms with Crippen molar-refractivity contribution < 1.29 is 8.78 Å². The molecule has 0 radical (unpaired) electrons. The predicted octanol–water partition coefficient (Wildman–Crippen LogP) is 4.25. The lowest BCUT2D eigenvalue weighted by Gasteiger charge is -2.21. The summed E-state index contributed by atoms with van der Waals surface area (Å²) in [6, 6.07) is 12.5. The van der Waals surface area contributed by atoms with Gasteiger partial charge in [0.25, 0.3) is 0 Å². The summed E-state index contributed by atoms with van der Waals surface area (Å²) in [6.07, 6.45) is 0. The Morgan fingerprint density at radius 2 is 1.52 bits per heavy atom. The zero-order valence-corrected chi connectivity index (χ0v) is 11.9. The van der Waals surface area contributed by atoms with Gasteiger partial charge in [-0.25, -0.2) is 8.78 Å². The molecule has 0 aromatic heterocycles. The Balaban J connectivity index is 2.15. The molecule has 0 saturated carbocycles. The van der Waals surface area contributed by atoms with Crippen molar-refractivity contribution in [1.82, 2.24) is 5.32 Å². The number of nitrogens with zero attached hydrogens (tertiary/aromatic N) is 1. The van der Waals surface area contributed by atoms with E-state index in [-0.39, 0.29) is 11.6 Å². The van der Waals surface area contributed by atoms with E-state index in [4.69, 9.17) is 5.26 Å². The van der Waals surface area contributed by atoms with Crippen molar-refractivity contribution in [2.75, 3.05) is 0 Å². The van der Waals surface area contributed by atoms with Gasteiger partial charge in [0, 0.05) is 17.6 Å². The minimum atomic E-state index is -0.554. The van der Waals surface area contributed by atoms with Crippen LogP contribution in [0.3, 0.4) is 0 Å². The molecule has 108 valence electrons. The molecule has 0 saturated heterocycles. The molecule has 0 aliphatic carbocycles. The number of rotatable bonds is 4. The van der Waals surface area contributed by atoms with Crippen LogP contribution in [0.4, 0.5) is 8.78 Å². The number of nitriles is 1. The van der Waals surface area contributed by atoms with E-state index in [1.165, 1.54) is 18.2 Å². The molecule has 2 aromatic rings. The topological polar surface area (TPSA) is 35.8 Å². The third-order valence-electron chi connectivity index (χ3n) is 3.47. The quantitative estimate of drug-likeness (QED) is 0.912. The van der Waals surface area contributed by atoms with Crippen LogP contribution < -0.4 is 5.32 Å². The van der Waals surface area contributed by atoms with Crippen molar-refractivity contribution in [2.45, 2.75) is 25.9 Å². The van der Waals surface area contributed by atoms with Crippen molar-refractivity contribution in [1.29, 1.82) is 5.26 Å². The van der Waals surface area contributed by atoms with Gasteiger partial charge in [-0.2, -0.15) is 5.26 Å². The third-order valence-corrected chi connectivity index (χ3v) is 3.47. The highest BCUT2D eigenvalue weighted by Gasteiger charge is 2.18. The van der Waals surface area contributed by atoms with Crippen LogP contribution in [0.2, 0.25) is 0 Å². The fraction of sp³-hybridized carbons (Fsp3) is 0.235. The van der Waals surface area contributed by atoms with E-state index in [0.717, 1.165) is 5.56 Å². The summed E-state index contributed by atoms with van der Waals surface area (Å²) in [4.78, 5) is 0. The Labute approximate surface area is 123 Å². The molecule has 0 aliphatic rings. The number of halogens is 2. The summed E-state index contributed by atoms with van der Waals surface area (Å²) in [5, 5.41) is 11.9. The van der Waals surface area contributed by atoms with Gasteiger partial charge in [0.05, 0.1) is 11.6 Å². The molecule has 0 fully saturated rings. The summed E-state index contributed by atoms with van der Waals surface area (Å²) in [6.45, 7) is 3.64. The Hall–Kier alpha value is -2.25. The molecule has 2 nitrogen and oxygen atoms in total. The first kappa shape index (κ1) is 15.1. The fourth-order valence-electron chi connectivity index (χ4n) is 2.33. The first-order valence-electron chi connectivity index (χ1n) is 6.73. The van der Waals surface area contributed by atoms with Crippen LogP contribution in [-0.2, 0) is 0 Å². The molecule has 2 unspecified atom stereocenters. The van der Waals surface area contributed by atoms with Crippen molar-refractivity contribution >= 4 is 0 Å². The Morgan fingerprint density at radius 3 is 2.05 bits per heavy atom. The molecule has 0 amide bonds. The largest absolute Gasteiger partial charge is 0.303 e. The number of nitrogens with one attached hydrogen (secondary N) is 1. The van der Waals surface area contributed by atoms with E-state index in [1.807, 2.05) is 19.1 Å². The second-order valence-corrected chi connectivity index (χ2v) is 4.98. The van der Waals surface area contributed by atoms with Crippen molar-refractivity contribution in [3.8, 4) is 6.07 Å². The summed E-state index contributed by atoms with van der Waals surface area (Å²) in [5.41, 5.74) is 1.58. The predicted molar refractivity (Wildman–Crippen MR) is 77.5 cm³/mol. The third kappa shape index (κ3) is 3.45. The lowest BCUT2D eigenvalue weighted by Crippen LogP contribution is -2.24. The zero-order chi connectivity index (χ0) is 15.4. The van der Waals surface area contributed by atoms with Gasteiger partial charge in [-0.3, -0.25) is 0 Å². The smallest absolute Gasteiger partial charge is 0.130 e. The summed E-state index contributed by atoms with van der Waals surface area (Å²) >= 11 is 0. The average Bonchev–Trinajstić information content (AvgIpc) is 2.47. The lowest BCUT2D eigenvalue weighted by molar-refractivity contribution is 0.450. The van der Waals surface area contributed by atoms with Crippen LogP contribution in [-0.4, -0.2) is 0 Å². The SMILES string of the molecule is CC(NC(C)c1c(F)cccc1F)c1ccc(C#N)cc1. The zero-order valence-electron chi connectivity index (χ0n) is 11.9. The van der Waals surface area contributed by atoms with E-state index in [2.05, 4.69) is 11.4 Å².